The highest BCUT2D eigenvalue weighted by Gasteiger charge is 2.08. The van der Waals surface area contributed by atoms with Gasteiger partial charge < -0.3 is 10.1 Å². The summed E-state index contributed by atoms with van der Waals surface area (Å²) >= 11 is 0. The van der Waals surface area contributed by atoms with Crippen molar-refractivity contribution in [3.8, 4) is 5.75 Å². The molecule has 1 atom stereocenters. The minimum atomic E-state index is 0.264. The number of hydrogen-bond donors (Lipinski definition) is 1. The fourth-order valence-corrected chi connectivity index (χ4v) is 1.66. The molecule has 17 heavy (non-hydrogen) atoms. The average molecular weight is 236 g/mol. The Labute approximate surface area is 105 Å². The molecule has 0 amide bonds. The molecule has 96 valence electrons. The van der Waals surface area contributed by atoms with Gasteiger partial charge in [-0.05, 0) is 19.4 Å². The van der Waals surface area contributed by atoms with Crippen LogP contribution in [0.25, 0.3) is 0 Å². The van der Waals surface area contributed by atoms with Crippen LogP contribution >= 0.6 is 0 Å². The maximum Gasteiger partial charge on any atom is 0.127 e. The smallest absolute Gasteiger partial charge is 0.127 e. The molecule has 0 spiro atoms. The predicted octanol–water partition coefficient (Wildman–Crippen LogP) is 3.15. The van der Waals surface area contributed by atoms with Gasteiger partial charge in [0.15, 0.2) is 0 Å². The second-order valence-electron chi connectivity index (χ2n) is 4.74. The normalized spacial score (nSPS) is 12.8. The number of nitrogens with zero attached hydrogens (tertiary/aromatic N) is 1. The van der Waals surface area contributed by atoms with E-state index in [-0.39, 0.29) is 6.10 Å². The van der Waals surface area contributed by atoms with Crippen molar-refractivity contribution in [2.45, 2.75) is 59.2 Å². The van der Waals surface area contributed by atoms with Gasteiger partial charge in [-0.1, -0.05) is 27.2 Å². The molecular weight excluding hydrogens is 212 g/mol. The lowest BCUT2D eigenvalue weighted by atomic mass is 10.2. The molecule has 3 nitrogen and oxygen atoms in total. The van der Waals surface area contributed by atoms with Crippen LogP contribution in [-0.4, -0.2) is 17.1 Å². The van der Waals surface area contributed by atoms with Gasteiger partial charge >= 0.3 is 0 Å². The van der Waals surface area contributed by atoms with Crippen LogP contribution in [0.15, 0.2) is 18.5 Å². The standard InChI is InChI=1S/C14H24N2O/c1-5-6-12(4)17-14-7-8-15-9-13(14)10-16-11(2)3/h7-9,11-12,16H,5-6,10H2,1-4H3. The monoisotopic (exact) mass is 236 g/mol. The Morgan fingerprint density at radius 1 is 1.35 bits per heavy atom. The molecular formula is C14H24N2O. The zero-order chi connectivity index (χ0) is 12.7. The molecule has 0 aliphatic heterocycles. The average Bonchev–Trinajstić information content (AvgIpc) is 2.28. The summed E-state index contributed by atoms with van der Waals surface area (Å²) in [6.45, 7) is 9.37. The molecule has 1 unspecified atom stereocenters. The summed E-state index contributed by atoms with van der Waals surface area (Å²) in [5.74, 6) is 0.953. The topological polar surface area (TPSA) is 34.1 Å². The highest BCUT2D eigenvalue weighted by atomic mass is 16.5. The van der Waals surface area contributed by atoms with Crippen LogP contribution in [0.4, 0.5) is 0 Å². The van der Waals surface area contributed by atoms with E-state index in [4.69, 9.17) is 4.74 Å². The summed E-state index contributed by atoms with van der Waals surface area (Å²) in [5, 5.41) is 3.39. The number of pyridine rings is 1. The van der Waals surface area contributed by atoms with Crippen molar-refractivity contribution in [1.82, 2.24) is 10.3 Å². The van der Waals surface area contributed by atoms with Gasteiger partial charge in [0.05, 0.1) is 6.10 Å². The molecule has 1 rings (SSSR count). The molecule has 0 fully saturated rings. The summed E-state index contributed by atoms with van der Waals surface area (Å²) in [7, 11) is 0. The predicted molar refractivity (Wildman–Crippen MR) is 71.2 cm³/mol. The Hall–Kier alpha value is -1.09. The Bertz CT molecular complexity index is 326. The van der Waals surface area contributed by atoms with Gasteiger partial charge in [-0.3, -0.25) is 4.98 Å². The lowest BCUT2D eigenvalue weighted by Gasteiger charge is -2.17. The molecule has 0 aliphatic carbocycles. The molecule has 0 saturated heterocycles. The number of aromatic nitrogens is 1. The van der Waals surface area contributed by atoms with E-state index in [0.29, 0.717) is 6.04 Å². The van der Waals surface area contributed by atoms with Crippen molar-refractivity contribution in [2.24, 2.45) is 0 Å². The summed E-state index contributed by atoms with van der Waals surface area (Å²) in [6.07, 6.45) is 6.15. The maximum absolute atomic E-state index is 5.94. The summed E-state index contributed by atoms with van der Waals surface area (Å²) in [4.78, 5) is 4.16. The molecule has 0 bridgehead atoms. The van der Waals surface area contributed by atoms with E-state index in [1.807, 2.05) is 12.3 Å². The van der Waals surface area contributed by atoms with Gasteiger partial charge in [0, 0.05) is 30.5 Å². The SMILES string of the molecule is CCCC(C)Oc1ccncc1CNC(C)C. The zero-order valence-electron chi connectivity index (χ0n) is 11.4. The van der Waals surface area contributed by atoms with Crippen molar-refractivity contribution in [2.75, 3.05) is 0 Å². The maximum atomic E-state index is 5.94. The van der Waals surface area contributed by atoms with Gasteiger partial charge in [-0.2, -0.15) is 0 Å². The first-order valence-electron chi connectivity index (χ1n) is 6.46. The molecule has 1 heterocycles. The first kappa shape index (κ1) is 14.0. The molecule has 1 aromatic heterocycles. The van der Waals surface area contributed by atoms with Crippen LogP contribution < -0.4 is 10.1 Å². The number of hydrogen-bond acceptors (Lipinski definition) is 3. The van der Waals surface area contributed by atoms with Crippen LogP contribution in [0, 0.1) is 0 Å². The van der Waals surface area contributed by atoms with Crippen LogP contribution in [0.2, 0.25) is 0 Å². The highest BCUT2D eigenvalue weighted by molar-refractivity contribution is 5.30. The Balaban J connectivity index is 2.63. The fraction of sp³-hybridized carbons (Fsp3) is 0.643. The van der Waals surface area contributed by atoms with E-state index >= 15 is 0 Å². The number of rotatable bonds is 7. The molecule has 0 saturated carbocycles. The first-order chi connectivity index (χ1) is 8.13. The van der Waals surface area contributed by atoms with Crippen molar-refractivity contribution < 1.29 is 4.74 Å². The fourth-order valence-electron chi connectivity index (χ4n) is 1.66. The van der Waals surface area contributed by atoms with E-state index in [0.717, 1.165) is 30.7 Å². The second kappa shape index (κ2) is 7.28. The van der Waals surface area contributed by atoms with E-state index in [1.54, 1.807) is 6.20 Å². The molecule has 0 aliphatic rings. The third kappa shape index (κ3) is 5.18. The molecule has 1 N–H and O–H groups in total. The van der Waals surface area contributed by atoms with E-state index < -0.39 is 0 Å². The number of ether oxygens (including phenoxy) is 1. The third-order valence-electron chi connectivity index (χ3n) is 2.58. The zero-order valence-corrected chi connectivity index (χ0v) is 11.4. The van der Waals surface area contributed by atoms with Crippen molar-refractivity contribution in [3.05, 3.63) is 24.0 Å². The van der Waals surface area contributed by atoms with Crippen molar-refractivity contribution in [3.63, 3.8) is 0 Å². The molecule has 1 aromatic rings. The van der Waals surface area contributed by atoms with Crippen molar-refractivity contribution in [1.29, 1.82) is 0 Å². The van der Waals surface area contributed by atoms with Crippen LogP contribution in [-0.2, 0) is 6.54 Å². The van der Waals surface area contributed by atoms with E-state index in [9.17, 15) is 0 Å². The van der Waals surface area contributed by atoms with Crippen LogP contribution in [0.3, 0.4) is 0 Å². The van der Waals surface area contributed by atoms with E-state index in [2.05, 4.69) is 38.0 Å². The van der Waals surface area contributed by atoms with Crippen LogP contribution in [0.1, 0.15) is 46.1 Å². The third-order valence-corrected chi connectivity index (χ3v) is 2.58. The lowest BCUT2D eigenvalue weighted by molar-refractivity contribution is 0.207. The van der Waals surface area contributed by atoms with Gasteiger partial charge in [0.25, 0.3) is 0 Å². The Kier molecular flexibility index (Phi) is 5.98. The molecule has 3 heteroatoms. The minimum absolute atomic E-state index is 0.264. The Morgan fingerprint density at radius 2 is 2.12 bits per heavy atom. The van der Waals surface area contributed by atoms with Gasteiger partial charge in [-0.15, -0.1) is 0 Å². The number of nitrogens with one attached hydrogen (secondary N) is 1. The lowest BCUT2D eigenvalue weighted by Crippen LogP contribution is -2.23. The van der Waals surface area contributed by atoms with Crippen molar-refractivity contribution >= 4 is 0 Å². The second-order valence-corrected chi connectivity index (χ2v) is 4.74. The summed E-state index contributed by atoms with van der Waals surface area (Å²) < 4.78 is 5.94. The summed E-state index contributed by atoms with van der Waals surface area (Å²) in [6, 6.07) is 2.42. The molecule has 0 radical (unpaired) electrons. The Morgan fingerprint density at radius 3 is 2.76 bits per heavy atom. The quantitative estimate of drug-likeness (QED) is 0.789. The minimum Gasteiger partial charge on any atom is -0.490 e. The van der Waals surface area contributed by atoms with Gasteiger partial charge in [-0.25, -0.2) is 0 Å². The first-order valence-corrected chi connectivity index (χ1v) is 6.46. The largest absolute Gasteiger partial charge is 0.490 e. The van der Waals surface area contributed by atoms with Crippen LogP contribution in [0.5, 0.6) is 5.75 Å². The summed E-state index contributed by atoms with van der Waals surface area (Å²) in [5.41, 5.74) is 1.13. The highest BCUT2D eigenvalue weighted by Crippen LogP contribution is 2.19. The van der Waals surface area contributed by atoms with Gasteiger partial charge in [0.1, 0.15) is 5.75 Å². The molecule has 0 aromatic carbocycles. The van der Waals surface area contributed by atoms with Gasteiger partial charge in [0.2, 0.25) is 0 Å². The van der Waals surface area contributed by atoms with E-state index in [1.165, 1.54) is 0 Å².